The molecule has 0 unspecified atom stereocenters. The van der Waals surface area contributed by atoms with Crippen LogP contribution in [0.1, 0.15) is 16.7 Å². The second-order valence-electron chi connectivity index (χ2n) is 4.76. The van der Waals surface area contributed by atoms with Gasteiger partial charge in [0, 0.05) is 5.56 Å². The minimum atomic E-state index is -3.64. The van der Waals surface area contributed by atoms with Crippen molar-refractivity contribution >= 4 is 32.9 Å². The van der Waals surface area contributed by atoms with E-state index in [1.54, 1.807) is 31.2 Å². The maximum Gasteiger partial charge on any atom is 0.262 e. The second kappa shape index (κ2) is 5.83. The average molecular weight is 320 g/mol. The van der Waals surface area contributed by atoms with E-state index in [0.29, 0.717) is 16.8 Å². The van der Waals surface area contributed by atoms with E-state index in [2.05, 4.69) is 4.72 Å². The Balaban J connectivity index is 2.41. The van der Waals surface area contributed by atoms with Crippen molar-refractivity contribution in [3.05, 3.63) is 59.2 Å². The lowest BCUT2D eigenvalue weighted by atomic mass is 10.1. The first-order chi connectivity index (χ1) is 9.81. The molecule has 0 aliphatic carbocycles. The van der Waals surface area contributed by atoms with E-state index < -0.39 is 10.0 Å². The molecule has 3 N–H and O–H groups in total. The van der Waals surface area contributed by atoms with E-state index >= 15 is 0 Å². The van der Waals surface area contributed by atoms with Crippen molar-refractivity contribution in [3.8, 4) is 0 Å². The first-order valence-electron chi connectivity index (χ1n) is 6.30. The number of nitrogens with two attached hydrogens (primary N) is 1. The van der Waals surface area contributed by atoms with Crippen molar-refractivity contribution in [2.24, 2.45) is 5.73 Å². The van der Waals surface area contributed by atoms with Gasteiger partial charge in [0.05, 0.1) is 10.6 Å². The number of aryl methyl sites for hydroxylation is 2. The normalized spacial score (nSPS) is 11.1. The Hall–Kier alpha value is -1.92. The molecule has 0 saturated heterocycles. The summed E-state index contributed by atoms with van der Waals surface area (Å²) in [7, 11) is -3.64. The molecule has 0 aliphatic heterocycles. The molecule has 0 aromatic heterocycles. The summed E-state index contributed by atoms with van der Waals surface area (Å²) >= 11 is 4.89. The Morgan fingerprint density at radius 3 is 2.33 bits per heavy atom. The van der Waals surface area contributed by atoms with Gasteiger partial charge in [0.2, 0.25) is 0 Å². The van der Waals surface area contributed by atoms with Crippen LogP contribution in [0.4, 0.5) is 5.69 Å². The highest BCUT2D eigenvalue weighted by atomic mass is 32.2. The average Bonchev–Trinajstić information content (AvgIpc) is 2.40. The summed E-state index contributed by atoms with van der Waals surface area (Å²) in [5, 5.41) is 0. The van der Waals surface area contributed by atoms with Crippen LogP contribution in [0.15, 0.2) is 47.4 Å². The van der Waals surface area contributed by atoms with Gasteiger partial charge >= 0.3 is 0 Å². The Bertz CT molecular complexity index is 799. The van der Waals surface area contributed by atoms with Crippen molar-refractivity contribution in [3.63, 3.8) is 0 Å². The molecule has 2 aromatic carbocycles. The quantitative estimate of drug-likeness (QED) is 0.850. The molecule has 0 saturated carbocycles. The molecule has 0 fully saturated rings. The van der Waals surface area contributed by atoms with Gasteiger partial charge in [0.25, 0.3) is 10.0 Å². The molecule has 0 bridgehead atoms. The Morgan fingerprint density at radius 1 is 1.10 bits per heavy atom. The highest BCUT2D eigenvalue weighted by Crippen LogP contribution is 2.22. The Labute approximate surface area is 130 Å². The molecular weight excluding hydrogens is 304 g/mol. The third-order valence-electron chi connectivity index (χ3n) is 3.14. The highest BCUT2D eigenvalue weighted by Gasteiger charge is 2.18. The van der Waals surface area contributed by atoms with Crippen molar-refractivity contribution in [2.45, 2.75) is 18.7 Å². The van der Waals surface area contributed by atoms with E-state index in [-0.39, 0.29) is 9.88 Å². The number of hydrogen-bond acceptors (Lipinski definition) is 3. The van der Waals surface area contributed by atoms with Gasteiger partial charge in [-0.3, -0.25) is 4.72 Å². The Morgan fingerprint density at radius 2 is 1.76 bits per heavy atom. The maximum absolute atomic E-state index is 12.5. The lowest BCUT2D eigenvalue weighted by molar-refractivity contribution is 0.600. The number of sulfonamides is 1. The predicted octanol–water partition coefficient (Wildman–Crippen LogP) is 2.74. The van der Waals surface area contributed by atoms with Crippen LogP contribution in [0.25, 0.3) is 0 Å². The molecule has 0 spiro atoms. The third-order valence-corrected chi connectivity index (χ3v) is 4.90. The van der Waals surface area contributed by atoms with Crippen molar-refractivity contribution < 1.29 is 8.42 Å². The van der Waals surface area contributed by atoms with Gasteiger partial charge in [0.1, 0.15) is 4.99 Å². The number of benzene rings is 2. The Kier molecular flexibility index (Phi) is 4.29. The maximum atomic E-state index is 12.5. The lowest BCUT2D eigenvalue weighted by Crippen LogP contribution is -2.16. The highest BCUT2D eigenvalue weighted by molar-refractivity contribution is 7.92. The van der Waals surface area contributed by atoms with E-state index in [1.807, 2.05) is 19.1 Å². The van der Waals surface area contributed by atoms with Crippen LogP contribution in [0.3, 0.4) is 0 Å². The van der Waals surface area contributed by atoms with Crippen LogP contribution in [-0.2, 0) is 10.0 Å². The lowest BCUT2D eigenvalue weighted by Gasteiger charge is -2.13. The van der Waals surface area contributed by atoms with Crippen LogP contribution in [-0.4, -0.2) is 13.4 Å². The largest absolute Gasteiger partial charge is 0.389 e. The van der Waals surface area contributed by atoms with Gasteiger partial charge in [0.15, 0.2) is 0 Å². The first kappa shape index (κ1) is 15.5. The molecular formula is C15H16N2O2S2. The van der Waals surface area contributed by atoms with Gasteiger partial charge in [-0.2, -0.15) is 0 Å². The fourth-order valence-electron chi connectivity index (χ4n) is 1.99. The molecule has 0 amide bonds. The van der Waals surface area contributed by atoms with Gasteiger partial charge in [-0.25, -0.2) is 8.42 Å². The number of hydrogen-bond donors (Lipinski definition) is 2. The van der Waals surface area contributed by atoms with Crippen LogP contribution < -0.4 is 10.5 Å². The monoisotopic (exact) mass is 320 g/mol. The van der Waals surface area contributed by atoms with Crippen molar-refractivity contribution in [1.29, 1.82) is 0 Å². The van der Waals surface area contributed by atoms with Crippen LogP contribution in [0, 0.1) is 13.8 Å². The van der Waals surface area contributed by atoms with Gasteiger partial charge in [-0.05, 0) is 43.2 Å². The molecule has 0 aliphatic rings. The van der Waals surface area contributed by atoms with Gasteiger partial charge < -0.3 is 5.73 Å². The van der Waals surface area contributed by atoms with E-state index in [4.69, 9.17) is 18.0 Å². The number of rotatable bonds is 4. The van der Waals surface area contributed by atoms with E-state index in [0.717, 1.165) is 5.56 Å². The zero-order valence-electron chi connectivity index (χ0n) is 11.8. The summed E-state index contributed by atoms with van der Waals surface area (Å²) in [6.45, 7) is 3.56. The summed E-state index contributed by atoms with van der Waals surface area (Å²) in [5.74, 6) is 0. The SMILES string of the molecule is Cc1ccccc1NS(=O)(=O)c1ccc(C(N)=S)cc1C. The van der Waals surface area contributed by atoms with E-state index in [9.17, 15) is 8.42 Å². The zero-order valence-corrected chi connectivity index (χ0v) is 13.4. The summed E-state index contributed by atoms with van der Waals surface area (Å²) in [6.07, 6.45) is 0. The summed E-state index contributed by atoms with van der Waals surface area (Å²) < 4.78 is 27.6. The predicted molar refractivity (Wildman–Crippen MR) is 89.1 cm³/mol. The number of thiocarbonyl (C=S) groups is 1. The minimum Gasteiger partial charge on any atom is -0.389 e. The molecule has 4 nitrogen and oxygen atoms in total. The third kappa shape index (κ3) is 3.40. The van der Waals surface area contributed by atoms with Crippen LogP contribution >= 0.6 is 12.2 Å². The fraction of sp³-hybridized carbons (Fsp3) is 0.133. The second-order valence-corrected chi connectivity index (χ2v) is 6.86. The molecule has 2 rings (SSSR count). The van der Waals surface area contributed by atoms with E-state index in [1.165, 1.54) is 6.07 Å². The summed E-state index contributed by atoms with van der Waals surface area (Å²) in [4.78, 5) is 0.458. The molecule has 0 heterocycles. The van der Waals surface area contributed by atoms with Crippen molar-refractivity contribution in [2.75, 3.05) is 4.72 Å². The number of nitrogens with one attached hydrogen (secondary N) is 1. The number of anilines is 1. The minimum absolute atomic E-state index is 0.214. The van der Waals surface area contributed by atoms with Gasteiger partial charge in [-0.1, -0.05) is 36.5 Å². The summed E-state index contributed by atoms with van der Waals surface area (Å²) in [6, 6.07) is 12.0. The molecule has 21 heavy (non-hydrogen) atoms. The zero-order chi connectivity index (χ0) is 15.6. The van der Waals surface area contributed by atoms with Crippen molar-refractivity contribution in [1.82, 2.24) is 0 Å². The molecule has 110 valence electrons. The van der Waals surface area contributed by atoms with Gasteiger partial charge in [-0.15, -0.1) is 0 Å². The topological polar surface area (TPSA) is 72.2 Å². The van der Waals surface area contributed by atoms with Crippen LogP contribution in [0.2, 0.25) is 0 Å². The molecule has 0 atom stereocenters. The molecule has 2 aromatic rings. The molecule has 0 radical (unpaired) electrons. The fourth-order valence-corrected chi connectivity index (χ4v) is 3.48. The summed E-state index contributed by atoms with van der Waals surface area (Å²) in [5.41, 5.74) is 8.23. The number of para-hydroxylation sites is 1. The molecule has 6 heteroatoms. The first-order valence-corrected chi connectivity index (χ1v) is 8.19. The smallest absolute Gasteiger partial charge is 0.262 e. The van der Waals surface area contributed by atoms with Crippen LogP contribution in [0.5, 0.6) is 0 Å². The standard InChI is InChI=1S/C15H16N2O2S2/c1-10-5-3-4-6-13(10)17-21(18,19)14-8-7-12(15(16)20)9-11(14)2/h3-9,17H,1-2H3,(H2,16,20).